The molecule has 22 heavy (non-hydrogen) atoms. The monoisotopic (exact) mass is 320 g/mol. The van der Waals surface area contributed by atoms with Crippen LogP contribution in [0.1, 0.15) is 23.6 Å². The summed E-state index contributed by atoms with van der Waals surface area (Å²) < 4.78 is 0. The van der Waals surface area contributed by atoms with Gasteiger partial charge in [-0.1, -0.05) is 0 Å². The molecule has 10 heteroatoms. The van der Waals surface area contributed by atoms with Crippen molar-refractivity contribution in [1.82, 2.24) is 9.97 Å². The molecule has 10 nitrogen and oxygen atoms in total. The van der Waals surface area contributed by atoms with E-state index in [9.17, 15) is 30.6 Å². The fourth-order valence-corrected chi connectivity index (χ4v) is 1.64. The van der Waals surface area contributed by atoms with Crippen LogP contribution in [0, 0.1) is 0 Å². The Labute approximate surface area is 125 Å². The van der Waals surface area contributed by atoms with Crippen LogP contribution in [0.5, 0.6) is 0 Å². The molecule has 0 fully saturated rings. The van der Waals surface area contributed by atoms with Crippen molar-refractivity contribution < 1.29 is 40.9 Å². The average Bonchev–Trinajstić information content (AvgIpc) is 2.57. The molecule has 0 saturated heterocycles. The second-order valence-electron chi connectivity index (χ2n) is 4.74. The van der Waals surface area contributed by atoms with E-state index in [-0.39, 0.29) is 11.4 Å². The topological polar surface area (TPSA) is 188 Å². The normalized spacial score (nSPS) is 20.0. The standard InChI is InChI=1S/C12H20N2O8/c15-3-7(17)11(21)9(19)5-1-13-6(2-14-5)10(20)12(22)8(18)4-16/h1-2,7-12,15-22H,3-4H2/t7-,8-,9-,10-,11-,12-/m0/s1. The van der Waals surface area contributed by atoms with E-state index in [1.807, 2.05) is 0 Å². The summed E-state index contributed by atoms with van der Waals surface area (Å²) in [6.45, 7) is -1.51. The predicted octanol–water partition coefficient (Wildman–Crippen LogP) is -4.03. The molecule has 0 unspecified atom stereocenters. The van der Waals surface area contributed by atoms with Crippen LogP contribution in [0.25, 0.3) is 0 Å². The lowest BCUT2D eigenvalue weighted by atomic mass is 10.0. The highest BCUT2D eigenvalue weighted by Gasteiger charge is 2.29. The molecule has 0 aliphatic carbocycles. The maximum atomic E-state index is 9.75. The maximum Gasteiger partial charge on any atom is 0.126 e. The summed E-state index contributed by atoms with van der Waals surface area (Å²) in [6.07, 6.45) is -7.74. The van der Waals surface area contributed by atoms with Crippen LogP contribution in [0.2, 0.25) is 0 Å². The molecule has 0 radical (unpaired) electrons. The van der Waals surface area contributed by atoms with Crippen LogP contribution in [-0.2, 0) is 0 Å². The summed E-state index contributed by atoms with van der Waals surface area (Å²) in [5.74, 6) is 0. The lowest BCUT2D eigenvalue weighted by Crippen LogP contribution is -2.36. The van der Waals surface area contributed by atoms with E-state index in [1.54, 1.807) is 0 Å². The Hall–Kier alpha value is -1.24. The number of aliphatic hydroxyl groups is 8. The molecule has 6 atom stereocenters. The first-order chi connectivity index (χ1) is 10.3. The van der Waals surface area contributed by atoms with Crippen molar-refractivity contribution in [3.8, 4) is 0 Å². The van der Waals surface area contributed by atoms with Gasteiger partial charge in [-0.05, 0) is 0 Å². The molecule has 8 N–H and O–H groups in total. The number of hydrogen-bond donors (Lipinski definition) is 8. The van der Waals surface area contributed by atoms with Gasteiger partial charge < -0.3 is 40.9 Å². The number of aliphatic hydroxyl groups excluding tert-OH is 8. The molecule has 126 valence electrons. The quantitative estimate of drug-likeness (QED) is 0.234. The largest absolute Gasteiger partial charge is 0.394 e. The van der Waals surface area contributed by atoms with E-state index < -0.39 is 49.8 Å². The smallest absolute Gasteiger partial charge is 0.126 e. The summed E-state index contributed by atoms with van der Waals surface area (Å²) in [4.78, 5) is 7.45. The van der Waals surface area contributed by atoms with Gasteiger partial charge >= 0.3 is 0 Å². The average molecular weight is 320 g/mol. The Kier molecular flexibility index (Phi) is 7.19. The van der Waals surface area contributed by atoms with Gasteiger partial charge in [-0.2, -0.15) is 0 Å². The fourth-order valence-electron chi connectivity index (χ4n) is 1.64. The van der Waals surface area contributed by atoms with Gasteiger partial charge in [-0.25, -0.2) is 0 Å². The van der Waals surface area contributed by atoms with E-state index in [1.165, 1.54) is 0 Å². The van der Waals surface area contributed by atoms with Gasteiger partial charge in [0.1, 0.15) is 36.6 Å². The van der Waals surface area contributed by atoms with Crippen LogP contribution in [0.3, 0.4) is 0 Å². The molecule has 0 bridgehead atoms. The molecule has 1 heterocycles. The van der Waals surface area contributed by atoms with E-state index in [4.69, 9.17) is 10.2 Å². The molecule has 0 saturated carbocycles. The van der Waals surface area contributed by atoms with E-state index in [0.717, 1.165) is 12.4 Å². The first-order valence-electron chi connectivity index (χ1n) is 6.45. The molecule has 1 aromatic heterocycles. The minimum Gasteiger partial charge on any atom is -0.394 e. The van der Waals surface area contributed by atoms with Gasteiger partial charge in [0.05, 0.1) is 37.0 Å². The summed E-state index contributed by atoms with van der Waals surface area (Å²) >= 11 is 0. The molecule has 0 aromatic carbocycles. The molecular formula is C12H20N2O8. The van der Waals surface area contributed by atoms with Crippen molar-refractivity contribution in [1.29, 1.82) is 0 Å². The van der Waals surface area contributed by atoms with Gasteiger partial charge in [0.15, 0.2) is 0 Å². The third-order valence-electron chi connectivity index (χ3n) is 3.11. The SMILES string of the molecule is OC[C@H](O)[C@H](O)[C@@H](O)c1cnc([C@H](O)[C@@H](O)[C@@H](O)CO)cn1. The zero-order valence-corrected chi connectivity index (χ0v) is 11.5. The third-order valence-corrected chi connectivity index (χ3v) is 3.11. The Balaban J connectivity index is 2.82. The molecule has 1 aromatic rings. The zero-order valence-electron chi connectivity index (χ0n) is 11.5. The number of hydrogen-bond acceptors (Lipinski definition) is 10. The highest BCUT2D eigenvalue weighted by molar-refractivity contribution is 5.10. The Morgan fingerprint density at radius 3 is 1.23 bits per heavy atom. The Morgan fingerprint density at radius 2 is 1.00 bits per heavy atom. The molecule has 0 amide bonds. The molecule has 1 rings (SSSR count). The zero-order chi connectivity index (χ0) is 16.9. The van der Waals surface area contributed by atoms with Crippen LogP contribution >= 0.6 is 0 Å². The molecular weight excluding hydrogens is 300 g/mol. The van der Waals surface area contributed by atoms with Crippen molar-refractivity contribution in [3.05, 3.63) is 23.8 Å². The third kappa shape index (κ3) is 4.38. The highest BCUT2D eigenvalue weighted by Crippen LogP contribution is 2.20. The van der Waals surface area contributed by atoms with Crippen LogP contribution < -0.4 is 0 Å². The summed E-state index contributed by atoms with van der Waals surface area (Å²) in [7, 11) is 0. The van der Waals surface area contributed by atoms with E-state index in [0.29, 0.717) is 0 Å². The number of nitrogens with zero attached hydrogens (tertiary/aromatic N) is 2. The van der Waals surface area contributed by atoms with Gasteiger partial charge in [-0.15, -0.1) is 0 Å². The highest BCUT2D eigenvalue weighted by atomic mass is 16.4. The number of aromatic nitrogens is 2. The van der Waals surface area contributed by atoms with Crippen molar-refractivity contribution >= 4 is 0 Å². The van der Waals surface area contributed by atoms with Crippen molar-refractivity contribution in [2.75, 3.05) is 13.2 Å². The Morgan fingerprint density at radius 1 is 0.682 bits per heavy atom. The minimum absolute atomic E-state index is 0.131. The van der Waals surface area contributed by atoms with Gasteiger partial charge in [0.2, 0.25) is 0 Å². The predicted molar refractivity (Wildman–Crippen MR) is 70.2 cm³/mol. The van der Waals surface area contributed by atoms with Gasteiger partial charge in [0.25, 0.3) is 0 Å². The number of rotatable bonds is 8. The van der Waals surface area contributed by atoms with Crippen molar-refractivity contribution in [2.24, 2.45) is 0 Å². The molecule has 0 aliphatic rings. The minimum atomic E-state index is -1.68. The first kappa shape index (κ1) is 18.8. The van der Waals surface area contributed by atoms with Crippen molar-refractivity contribution in [3.63, 3.8) is 0 Å². The Bertz CT molecular complexity index is 404. The lowest BCUT2D eigenvalue weighted by molar-refractivity contribution is -0.0808. The second kappa shape index (κ2) is 8.41. The van der Waals surface area contributed by atoms with E-state index >= 15 is 0 Å². The maximum absolute atomic E-state index is 9.75. The summed E-state index contributed by atoms with van der Waals surface area (Å²) in [5, 5.41) is 74.4. The second-order valence-corrected chi connectivity index (χ2v) is 4.74. The van der Waals surface area contributed by atoms with Crippen molar-refractivity contribution in [2.45, 2.75) is 36.6 Å². The lowest BCUT2D eigenvalue weighted by Gasteiger charge is -2.22. The van der Waals surface area contributed by atoms with Gasteiger partial charge in [-0.3, -0.25) is 9.97 Å². The molecule has 0 spiro atoms. The summed E-state index contributed by atoms with van der Waals surface area (Å²) in [5.41, 5.74) is -0.263. The van der Waals surface area contributed by atoms with Crippen LogP contribution in [-0.4, -0.2) is 88.4 Å². The van der Waals surface area contributed by atoms with Crippen LogP contribution in [0.4, 0.5) is 0 Å². The van der Waals surface area contributed by atoms with Gasteiger partial charge in [0, 0.05) is 0 Å². The van der Waals surface area contributed by atoms with E-state index in [2.05, 4.69) is 9.97 Å². The summed E-state index contributed by atoms with van der Waals surface area (Å²) in [6, 6.07) is 0. The molecule has 0 aliphatic heterocycles. The van der Waals surface area contributed by atoms with Crippen LogP contribution in [0.15, 0.2) is 12.4 Å². The first-order valence-corrected chi connectivity index (χ1v) is 6.45. The fraction of sp³-hybridized carbons (Fsp3) is 0.667.